The van der Waals surface area contributed by atoms with Gasteiger partial charge in [0.15, 0.2) is 0 Å². The van der Waals surface area contributed by atoms with Crippen molar-refractivity contribution in [1.29, 1.82) is 0 Å². The summed E-state index contributed by atoms with van der Waals surface area (Å²) in [6.45, 7) is 27.3. The molecule has 6 aromatic rings. The van der Waals surface area contributed by atoms with Crippen molar-refractivity contribution in [3.8, 4) is 23.0 Å². The van der Waals surface area contributed by atoms with Crippen molar-refractivity contribution in [1.82, 2.24) is 20.6 Å². The Hall–Kier alpha value is -5.42. The Morgan fingerprint density at radius 1 is 0.506 bits per heavy atom. The van der Waals surface area contributed by atoms with E-state index < -0.39 is 25.8 Å². The van der Waals surface area contributed by atoms with Crippen LogP contribution in [-0.4, -0.2) is 153 Å². The first-order chi connectivity index (χ1) is 40.8. The van der Waals surface area contributed by atoms with Crippen molar-refractivity contribution in [3.63, 3.8) is 0 Å². The average molecular weight is 1230 g/mol. The summed E-state index contributed by atoms with van der Waals surface area (Å²) in [5.74, 6) is 3.08. The van der Waals surface area contributed by atoms with E-state index in [2.05, 4.69) is 96.5 Å². The number of hydrogen-bond donors (Lipinski definition) is 5. The molecule has 463 valence electrons. The second-order valence-electron chi connectivity index (χ2n) is 20.0. The van der Waals surface area contributed by atoms with Crippen molar-refractivity contribution in [3.05, 3.63) is 203 Å². The van der Waals surface area contributed by atoms with Gasteiger partial charge in [0.25, 0.3) is 8.53 Å². The molecule has 0 spiro atoms. The number of nitrogens with zero attached hydrogens (tertiary/aromatic N) is 2. The van der Waals surface area contributed by atoms with E-state index in [1.54, 1.807) is 35.5 Å². The molecule has 4 unspecified atom stereocenters. The Labute approximate surface area is 520 Å². The molecule has 0 aliphatic rings. The normalized spacial score (nSPS) is 12.8. The molecule has 0 aliphatic carbocycles. The minimum Gasteiger partial charge on any atom is -0.497 e. The Morgan fingerprint density at radius 2 is 0.847 bits per heavy atom. The van der Waals surface area contributed by atoms with Crippen LogP contribution < -0.4 is 34.9 Å². The molecule has 1 radical (unpaired) electrons. The fourth-order valence-corrected chi connectivity index (χ4v) is 11.0. The fourth-order valence-electron chi connectivity index (χ4n) is 9.33. The van der Waals surface area contributed by atoms with Crippen molar-refractivity contribution in [2.24, 2.45) is 0 Å². The van der Waals surface area contributed by atoms with E-state index in [0.29, 0.717) is 19.7 Å². The van der Waals surface area contributed by atoms with E-state index in [0.717, 1.165) is 82.6 Å². The fraction of sp³-hybridized carbons (Fsp3) is 0.448. The van der Waals surface area contributed by atoms with Crippen LogP contribution in [-0.2, 0) is 53.0 Å². The number of methoxy groups -OCH3 is 5. The number of rotatable bonds is 35. The van der Waals surface area contributed by atoms with Gasteiger partial charge in [-0.05, 0) is 129 Å². The molecule has 0 fully saturated rings. The second-order valence-corrected chi connectivity index (χ2v) is 21.4. The van der Waals surface area contributed by atoms with Gasteiger partial charge in [-0.1, -0.05) is 130 Å². The molecule has 0 saturated carbocycles. The first kappa shape index (κ1) is 73.8. The van der Waals surface area contributed by atoms with Gasteiger partial charge in [0.1, 0.15) is 46.9 Å². The minimum atomic E-state index is -1.46. The van der Waals surface area contributed by atoms with Gasteiger partial charge in [-0.25, -0.2) is 11.2 Å². The first-order valence-corrected chi connectivity index (χ1v) is 30.0. The third-order valence-corrected chi connectivity index (χ3v) is 15.8. The van der Waals surface area contributed by atoms with Crippen molar-refractivity contribution >= 4 is 8.53 Å². The first-order valence-electron chi connectivity index (χ1n) is 28.9. The molecule has 6 rings (SSSR count). The molecule has 6 aromatic carbocycles. The number of nitrogens with one attached hydrogen (secondary N) is 3. The Kier molecular flexibility index (Phi) is 35.5. The standard InChI is InChI=1S/C35H48N3O5P.C26H31NO4.C6H15NO2.V/c1-9-37-25-34(43-44(42-24-23-36-6)38(27(2)3)28(4)5)26-41-35(29-13-11-10-12-14-29,30-15-19-32(39-7)20-16-30)31-17-21-33(40-8)22-18-31;1-4-27-18-23(28)19-31-26(20-8-6-5-7-9-20,21-10-14-24(29-2)15-11-21)22-12-16-25(30-3)17-13-22;1-3-7-4-6(5-8)9-2;/h10-22,27-28,34,37H,9,23-26H2,1-5,7-8H3;5-17,23,27-28H,4,18-19H2,1-3H3;6-8H,3-5H2,1-2H3;. The van der Waals surface area contributed by atoms with Gasteiger partial charge in [0.05, 0.1) is 60.5 Å². The summed E-state index contributed by atoms with van der Waals surface area (Å²) in [6, 6.07) is 52.5. The molecule has 85 heavy (non-hydrogen) atoms. The van der Waals surface area contributed by atoms with Crippen LogP contribution in [0.25, 0.3) is 4.85 Å². The maximum Gasteiger partial charge on any atom is 0.259 e. The van der Waals surface area contributed by atoms with Gasteiger partial charge >= 0.3 is 0 Å². The summed E-state index contributed by atoms with van der Waals surface area (Å²) in [7, 11) is 6.77. The Balaban J connectivity index is 0.000000400. The molecule has 0 bridgehead atoms. The molecular formula is C67H94N5O11PV. The summed E-state index contributed by atoms with van der Waals surface area (Å²) in [4.78, 5) is 3.49. The monoisotopic (exact) mass is 1230 g/mol. The van der Waals surface area contributed by atoms with E-state index in [9.17, 15) is 5.11 Å². The van der Waals surface area contributed by atoms with Crippen molar-refractivity contribution in [2.75, 3.05) is 108 Å². The summed E-state index contributed by atoms with van der Waals surface area (Å²) in [5, 5.41) is 28.8. The summed E-state index contributed by atoms with van der Waals surface area (Å²) < 4.78 is 55.7. The zero-order valence-electron chi connectivity index (χ0n) is 52.0. The maximum atomic E-state index is 10.5. The number of likely N-dealkylation sites (N-methyl/N-ethyl adjacent to an activating group) is 3. The Morgan fingerprint density at radius 3 is 1.16 bits per heavy atom. The van der Waals surface area contributed by atoms with Crippen LogP contribution in [0.5, 0.6) is 23.0 Å². The van der Waals surface area contributed by atoms with Gasteiger partial charge in [-0.2, -0.15) is 0 Å². The minimum absolute atomic E-state index is 0. The largest absolute Gasteiger partial charge is 0.497 e. The van der Waals surface area contributed by atoms with Crippen molar-refractivity contribution in [2.45, 2.75) is 90.1 Å². The number of hydrogen-bond acceptors (Lipinski definition) is 15. The molecule has 0 saturated heterocycles. The average Bonchev–Trinajstić information content (AvgIpc) is 3.72. The molecule has 5 N–H and O–H groups in total. The molecular weight excluding hydrogens is 1130 g/mol. The SMILES string of the molecule is CCNCC(CO)OC.CCNCC(O)COC(c1ccccc1)(c1ccc(OC)cc1)c1ccc(OC)cc1.[C-]#[N+]CCOP(OC(CNCC)COC(c1ccccc1)(c1ccc(OC)cc1)c1ccc(OC)cc1)N(C(C)C)C(C)C.[V]. The zero-order chi connectivity index (χ0) is 61.2. The summed E-state index contributed by atoms with van der Waals surface area (Å²) in [6.07, 6.45) is -1.03. The van der Waals surface area contributed by atoms with E-state index in [1.165, 1.54) is 0 Å². The maximum absolute atomic E-state index is 10.5. The zero-order valence-corrected chi connectivity index (χ0v) is 54.3. The topological polar surface area (TPSA) is 167 Å². The number of ether oxygens (including phenoxy) is 7. The predicted octanol–water partition coefficient (Wildman–Crippen LogP) is 10.9. The van der Waals surface area contributed by atoms with Crippen LogP contribution in [0.1, 0.15) is 81.8 Å². The van der Waals surface area contributed by atoms with E-state index in [4.69, 9.17) is 53.9 Å². The smallest absolute Gasteiger partial charge is 0.259 e. The van der Waals surface area contributed by atoms with Gasteiger partial charge in [0, 0.05) is 57.4 Å². The van der Waals surface area contributed by atoms with Gasteiger partial charge < -0.3 is 73.2 Å². The van der Waals surface area contributed by atoms with Crippen LogP contribution in [0.2, 0.25) is 0 Å². The molecule has 0 aliphatic heterocycles. The molecule has 4 atom stereocenters. The summed E-state index contributed by atoms with van der Waals surface area (Å²) in [5.41, 5.74) is 3.89. The van der Waals surface area contributed by atoms with E-state index >= 15 is 0 Å². The van der Waals surface area contributed by atoms with Gasteiger partial charge in [-0.3, -0.25) is 0 Å². The molecule has 16 nitrogen and oxygen atoms in total. The number of aliphatic hydroxyl groups is 2. The van der Waals surface area contributed by atoms with Crippen molar-refractivity contribution < 1.29 is 71.0 Å². The quantitative estimate of drug-likeness (QED) is 0.0110. The third-order valence-electron chi connectivity index (χ3n) is 13.6. The molecule has 18 heteroatoms. The van der Waals surface area contributed by atoms with Crippen LogP contribution >= 0.6 is 8.53 Å². The van der Waals surface area contributed by atoms with Gasteiger partial charge in [-0.15, -0.1) is 0 Å². The summed E-state index contributed by atoms with van der Waals surface area (Å²) >= 11 is 0. The van der Waals surface area contributed by atoms with Crippen LogP contribution in [0.4, 0.5) is 0 Å². The Bertz CT molecular complexity index is 2590. The number of benzene rings is 6. The van der Waals surface area contributed by atoms with Crippen LogP contribution in [0, 0.1) is 6.57 Å². The second kappa shape index (κ2) is 40.9. The van der Waals surface area contributed by atoms with E-state index in [1.807, 2.05) is 135 Å². The van der Waals surface area contributed by atoms with E-state index in [-0.39, 0.29) is 69.2 Å². The van der Waals surface area contributed by atoms with Gasteiger partial charge in [0.2, 0.25) is 6.54 Å². The molecule has 0 heterocycles. The molecule has 0 aromatic heterocycles. The number of aliphatic hydroxyl groups excluding tert-OH is 2. The predicted molar refractivity (Wildman–Crippen MR) is 337 cm³/mol. The van der Waals surface area contributed by atoms with Crippen LogP contribution in [0.15, 0.2) is 158 Å². The molecule has 0 amide bonds. The van der Waals surface area contributed by atoms with Crippen LogP contribution in [0.3, 0.4) is 0 Å². The third kappa shape index (κ3) is 22.4.